The predicted molar refractivity (Wildman–Crippen MR) is 74.6 cm³/mol. The summed E-state index contributed by atoms with van der Waals surface area (Å²) in [6.45, 7) is 5.73. The summed E-state index contributed by atoms with van der Waals surface area (Å²) in [6, 6.07) is 7.57. The molecule has 1 rings (SSSR count). The maximum atomic E-state index is 11.6. The fourth-order valence-electron chi connectivity index (χ4n) is 1.05. The Bertz CT molecular complexity index is 385. The molecular formula is C13H15IO2. The molecule has 0 amide bonds. The van der Waals surface area contributed by atoms with Crippen LogP contribution in [0.25, 0.3) is 6.08 Å². The molecule has 0 radical (unpaired) electrons. The summed E-state index contributed by atoms with van der Waals surface area (Å²) in [5, 5.41) is 0. The third-order valence-corrected chi connectivity index (χ3v) is 2.64. The monoisotopic (exact) mass is 330 g/mol. The molecule has 0 aliphatic carbocycles. The van der Waals surface area contributed by atoms with Gasteiger partial charge < -0.3 is 3.07 Å². The minimum Gasteiger partial charge on any atom is -0.428 e. The normalized spacial score (nSPS) is 11.8. The summed E-state index contributed by atoms with van der Waals surface area (Å²) in [5.74, 6) is 0.932. The fourth-order valence-corrected chi connectivity index (χ4v) is 1.35. The maximum absolute atomic E-state index is 11.6. The second-order valence-electron chi connectivity index (χ2n) is 4.59. The Kier molecular flexibility index (Phi) is 4.53. The standard InChI is InChI=1S/C13H15IO2/c1-13(2,3)12(15)9-6-10-4-7-11(16-14)8-5-10/h4-9H,1-3H3/b9-6+. The first-order valence-electron chi connectivity index (χ1n) is 5.04. The van der Waals surface area contributed by atoms with E-state index < -0.39 is 0 Å². The number of benzene rings is 1. The molecule has 0 spiro atoms. The van der Waals surface area contributed by atoms with Crippen molar-refractivity contribution >= 4 is 34.9 Å². The van der Waals surface area contributed by atoms with Crippen molar-refractivity contribution in [3.05, 3.63) is 35.9 Å². The van der Waals surface area contributed by atoms with Crippen molar-refractivity contribution < 1.29 is 7.86 Å². The molecule has 0 heterocycles. The summed E-state index contributed by atoms with van der Waals surface area (Å²) in [6.07, 6.45) is 3.45. The first-order valence-corrected chi connectivity index (χ1v) is 5.93. The van der Waals surface area contributed by atoms with Gasteiger partial charge in [0, 0.05) is 5.41 Å². The first kappa shape index (κ1) is 13.2. The second-order valence-corrected chi connectivity index (χ2v) is 5.03. The number of carbonyl (C=O) groups is 1. The van der Waals surface area contributed by atoms with Crippen molar-refractivity contribution in [3.63, 3.8) is 0 Å². The van der Waals surface area contributed by atoms with E-state index >= 15 is 0 Å². The summed E-state index contributed by atoms with van der Waals surface area (Å²) in [7, 11) is 0. The van der Waals surface area contributed by atoms with Gasteiger partial charge in [0.05, 0.1) is 0 Å². The molecular weight excluding hydrogens is 315 g/mol. The molecule has 16 heavy (non-hydrogen) atoms. The van der Waals surface area contributed by atoms with E-state index in [0.717, 1.165) is 11.3 Å². The highest BCUT2D eigenvalue weighted by atomic mass is 127. The zero-order chi connectivity index (χ0) is 12.2. The van der Waals surface area contributed by atoms with Crippen LogP contribution in [-0.2, 0) is 4.79 Å². The number of rotatable bonds is 3. The van der Waals surface area contributed by atoms with Crippen LogP contribution in [0.3, 0.4) is 0 Å². The molecule has 0 aliphatic rings. The Morgan fingerprint density at radius 1 is 1.25 bits per heavy atom. The van der Waals surface area contributed by atoms with Crippen LogP contribution in [0.15, 0.2) is 30.3 Å². The molecule has 1 aromatic carbocycles. The van der Waals surface area contributed by atoms with Gasteiger partial charge in [-0.15, -0.1) is 0 Å². The molecule has 0 unspecified atom stereocenters. The molecule has 0 atom stereocenters. The third-order valence-electron chi connectivity index (χ3n) is 2.14. The zero-order valence-corrected chi connectivity index (χ0v) is 11.8. The smallest absolute Gasteiger partial charge is 0.192 e. The lowest BCUT2D eigenvalue weighted by Gasteiger charge is -2.12. The highest BCUT2D eigenvalue weighted by Gasteiger charge is 2.17. The van der Waals surface area contributed by atoms with Crippen molar-refractivity contribution in [2.45, 2.75) is 20.8 Å². The van der Waals surface area contributed by atoms with Crippen molar-refractivity contribution in [1.29, 1.82) is 0 Å². The quantitative estimate of drug-likeness (QED) is 0.617. The van der Waals surface area contributed by atoms with E-state index in [1.807, 2.05) is 74.1 Å². The van der Waals surface area contributed by atoms with Gasteiger partial charge in [-0.3, -0.25) is 4.79 Å². The number of allylic oxidation sites excluding steroid dienone is 1. The van der Waals surface area contributed by atoms with E-state index in [1.165, 1.54) is 0 Å². The van der Waals surface area contributed by atoms with Gasteiger partial charge >= 0.3 is 0 Å². The summed E-state index contributed by atoms with van der Waals surface area (Å²) < 4.78 is 5.03. The molecule has 0 aromatic heterocycles. The van der Waals surface area contributed by atoms with E-state index in [9.17, 15) is 4.79 Å². The summed E-state index contributed by atoms with van der Waals surface area (Å²) in [5.41, 5.74) is 0.677. The van der Waals surface area contributed by atoms with E-state index in [4.69, 9.17) is 3.07 Å². The van der Waals surface area contributed by atoms with Gasteiger partial charge in [-0.25, -0.2) is 0 Å². The number of halogens is 1. The van der Waals surface area contributed by atoms with Crippen LogP contribution in [0, 0.1) is 5.41 Å². The van der Waals surface area contributed by atoms with Crippen molar-refractivity contribution in [1.82, 2.24) is 0 Å². The molecule has 2 nitrogen and oxygen atoms in total. The lowest BCUT2D eigenvalue weighted by Crippen LogP contribution is -2.17. The third kappa shape index (κ3) is 3.96. The van der Waals surface area contributed by atoms with Gasteiger partial charge in [0.25, 0.3) is 0 Å². The van der Waals surface area contributed by atoms with E-state index in [0.29, 0.717) is 0 Å². The molecule has 0 aliphatic heterocycles. The van der Waals surface area contributed by atoms with Crippen LogP contribution >= 0.6 is 23.0 Å². The van der Waals surface area contributed by atoms with Gasteiger partial charge in [0.2, 0.25) is 0 Å². The zero-order valence-electron chi connectivity index (χ0n) is 9.66. The highest BCUT2D eigenvalue weighted by Crippen LogP contribution is 2.18. The fraction of sp³-hybridized carbons (Fsp3) is 0.308. The summed E-state index contributed by atoms with van der Waals surface area (Å²) in [4.78, 5) is 11.6. The Hall–Kier alpha value is -0.840. The maximum Gasteiger partial charge on any atom is 0.192 e. The van der Waals surface area contributed by atoms with Gasteiger partial charge in [-0.2, -0.15) is 0 Å². The van der Waals surface area contributed by atoms with Crippen LogP contribution < -0.4 is 3.07 Å². The Morgan fingerprint density at radius 2 is 1.81 bits per heavy atom. The molecule has 3 heteroatoms. The molecule has 0 saturated heterocycles. The van der Waals surface area contributed by atoms with E-state index in [-0.39, 0.29) is 11.2 Å². The summed E-state index contributed by atoms with van der Waals surface area (Å²) >= 11 is 1.84. The van der Waals surface area contributed by atoms with Gasteiger partial charge in [0.15, 0.2) is 28.8 Å². The van der Waals surface area contributed by atoms with E-state index in [2.05, 4.69) is 0 Å². The minimum atomic E-state index is -0.318. The average molecular weight is 330 g/mol. The van der Waals surface area contributed by atoms with E-state index in [1.54, 1.807) is 6.08 Å². The average Bonchev–Trinajstić information content (AvgIpc) is 2.25. The molecule has 0 saturated carbocycles. The van der Waals surface area contributed by atoms with Crippen molar-refractivity contribution in [3.8, 4) is 5.75 Å². The molecule has 1 aromatic rings. The van der Waals surface area contributed by atoms with Crippen molar-refractivity contribution in [2.24, 2.45) is 5.41 Å². The minimum absolute atomic E-state index is 0.127. The molecule has 0 N–H and O–H groups in total. The molecule has 0 bridgehead atoms. The molecule has 86 valence electrons. The van der Waals surface area contributed by atoms with Crippen LogP contribution in [0.1, 0.15) is 26.3 Å². The highest BCUT2D eigenvalue weighted by molar-refractivity contribution is 14.1. The first-order chi connectivity index (χ1) is 7.43. The van der Waals surface area contributed by atoms with Gasteiger partial charge in [-0.1, -0.05) is 39.0 Å². The SMILES string of the molecule is CC(C)(C)C(=O)/C=C/c1ccc(OI)cc1. The second kappa shape index (κ2) is 5.48. The topological polar surface area (TPSA) is 26.3 Å². The van der Waals surface area contributed by atoms with Crippen LogP contribution in [0.2, 0.25) is 0 Å². The van der Waals surface area contributed by atoms with Gasteiger partial charge in [0.1, 0.15) is 5.75 Å². The number of hydrogen-bond acceptors (Lipinski definition) is 2. The predicted octanol–water partition coefficient (Wildman–Crippen LogP) is 4.04. The number of ketones is 1. The number of carbonyl (C=O) groups excluding carboxylic acids is 1. The lowest BCUT2D eigenvalue weighted by atomic mass is 9.90. The van der Waals surface area contributed by atoms with Crippen LogP contribution in [0.4, 0.5) is 0 Å². The Balaban J connectivity index is 2.73. The van der Waals surface area contributed by atoms with Crippen molar-refractivity contribution in [2.75, 3.05) is 0 Å². The van der Waals surface area contributed by atoms with Crippen LogP contribution in [-0.4, -0.2) is 5.78 Å². The largest absolute Gasteiger partial charge is 0.428 e. The number of hydrogen-bond donors (Lipinski definition) is 0. The van der Waals surface area contributed by atoms with Gasteiger partial charge in [-0.05, 0) is 23.8 Å². The Labute approximate surface area is 110 Å². The molecule has 0 fully saturated rings. The van der Waals surface area contributed by atoms with Crippen LogP contribution in [0.5, 0.6) is 5.75 Å². The lowest BCUT2D eigenvalue weighted by molar-refractivity contribution is -0.121. The Morgan fingerprint density at radius 3 is 2.25 bits per heavy atom.